The number of nitro benzene ring substituents is 1. The molecular weight excluding hydrogens is 369 g/mol. The van der Waals surface area contributed by atoms with Crippen molar-refractivity contribution in [2.45, 2.75) is 12.7 Å². The third-order valence-electron chi connectivity index (χ3n) is 3.57. The van der Waals surface area contributed by atoms with E-state index < -0.39 is 17.1 Å². The molecule has 10 heteroatoms. The molecule has 0 aliphatic carbocycles. The van der Waals surface area contributed by atoms with Crippen LogP contribution >= 0.6 is 0 Å². The molecule has 1 aliphatic rings. The molecule has 0 atom stereocenters. The van der Waals surface area contributed by atoms with E-state index in [-0.39, 0.29) is 5.69 Å². The van der Waals surface area contributed by atoms with Crippen molar-refractivity contribution in [3.63, 3.8) is 0 Å². The number of carboxylic acid groups (broad SMARTS) is 1. The van der Waals surface area contributed by atoms with E-state index in [0.717, 1.165) is 35.5 Å². The van der Waals surface area contributed by atoms with Crippen molar-refractivity contribution in [3.05, 3.63) is 58.1 Å². The summed E-state index contributed by atoms with van der Waals surface area (Å²) in [6.07, 6.45) is -5.08. The van der Waals surface area contributed by atoms with Gasteiger partial charge in [-0.1, -0.05) is 18.2 Å². The van der Waals surface area contributed by atoms with Crippen LogP contribution in [0.1, 0.15) is 5.56 Å². The zero-order valence-corrected chi connectivity index (χ0v) is 13.8. The van der Waals surface area contributed by atoms with Crippen LogP contribution in [0.5, 0.6) is 5.75 Å². The van der Waals surface area contributed by atoms with Gasteiger partial charge in [-0.3, -0.25) is 10.1 Å². The van der Waals surface area contributed by atoms with E-state index in [1.165, 1.54) is 12.1 Å². The molecule has 0 saturated carbocycles. The van der Waals surface area contributed by atoms with Crippen molar-refractivity contribution < 1.29 is 32.7 Å². The Morgan fingerprint density at radius 2 is 1.81 bits per heavy atom. The highest BCUT2D eigenvalue weighted by molar-refractivity contribution is 5.73. The molecule has 3 rings (SSSR count). The maximum absolute atomic E-state index is 10.7. The Bertz CT molecular complexity index is 822. The highest BCUT2D eigenvalue weighted by Crippen LogP contribution is 2.34. The lowest BCUT2D eigenvalue weighted by molar-refractivity contribution is -0.384. The summed E-state index contributed by atoms with van der Waals surface area (Å²) in [6, 6.07) is 12.5. The predicted molar refractivity (Wildman–Crippen MR) is 89.4 cm³/mol. The molecule has 7 nitrogen and oxygen atoms in total. The molecule has 144 valence electrons. The lowest BCUT2D eigenvalue weighted by Gasteiger charge is -2.12. The Labute approximate surface area is 151 Å². The molecule has 2 aromatic carbocycles. The predicted octanol–water partition coefficient (Wildman–Crippen LogP) is 3.38. The van der Waals surface area contributed by atoms with Gasteiger partial charge in [0.05, 0.1) is 4.92 Å². The largest absolute Gasteiger partial charge is 0.491 e. The summed E-state index contributed by atoms with van der Waals surface area (Å²) in [6.45, 7) is 2.21. The van der Waals surface area contributed by atoms with Crippen molar-refractivity contribution in [1.82, 2.24) is 5.32 Å². The van der Waals surface area contributed by atoms with Gasteiger partial charge in [0.15, 0.2) is 0 Å². The normalized spacial score (nSPS) is 13.3. The van der Waals surface area contributed by atoms with Gasteiger partial charge in [-0.15, -0.1) is 0 Å². The minimum Gasteiger partial charge on any atom is -0.491 e. The van der Waals surface area contributed by atoms with Crippen molar-refractivity contribution in [2.24, 2.45) is 0 Å². The first-order valence-electron chi connectivity index (χ1n) is 7.70. The van der Waals surface area contributed by atoms with E-state index in [1.807, 2.05) is 18.2 Å². The number of aliphatic carboxylic acids is 1. The summed E-state index contributed by atoms with van der Waals surface area (Å²) in [5.74, 6) is -1.89. The molecule has 0 aromatic heterocycles. The number of benzene rings is 2. The lowest BCUT2D eigenvalue weighted by Crippen LogP contribution is -2.21. The molecule has 0 amide bonds. The second-order valence-electron chi connectivity index (χ2n) is 5.43. The minimum absolute atomic E-state index is 0.0957. The summed E-state index contributed by atoms with van der Waals surface area (Å²) >= 11 is 0. The monoisotopic (exact) mass is 384 g/mol. The van der Waals surface area contributed by atoms with E-state index in [1.54, 1.807) is 12.1 Å². The van der Waals surface area contributed by atoms with Crippen LogP contribution in [0.2, 0.25) is 0 Å². The SMILES string of the molecule is O=C(O)C(F)(F)F.O=[N+]([O-])c1ccc(-c2cccc3c2OCCNC3)cc1. The fourth-order valence-corrected chi connectivity index (χ4v) is 2.33. The number of carboxylic acids is 1. The number of nitrogens with one attached hydrogen (secondary N) is 1. The zero-order chi connectivity index (χ0) is 20.0. The number of nitrogens with zero attached hydrogens (tertiary/aromatic N) is 1. The molecule has 0 radical (unpaired) electrons. The molecule has 0 spiro atoms. The van der Waals surface area contributed by atoms with E-state index in [2.05, 4.69) is 5.32 Å². The van der Waals surface area contributed by atoms with Gasteiger partial charge in [0.1, 0.15) is 12.4 Å². The quantitative estimate of drug-likeness (QED) is 0.608. The number of para-hydroxylation sites is 1. The lowest BCUT2D eigenvalue weighted by atomic mass is 10.0. The molecule has 1 heterocycles. The first-order valence-corrected chi connectivity index (χ1v) is 7.70. The Morgan fingerprint density at radius 1 is 1.19 bits per heavy atom. The van der Waals surface area contributed by atoms with E-state index in [4.69, 9.17) is 14.6 Å². The van der Waals surface area contributed by atoms with Crippen LogP contribution in [0.15, 0.2) is 42.5 Å². The van der Waals surface area contributed by atoms with Crippen molar-refractivity contribution in [1.29, 1.82) is 0 Å². The zero-order valence-electron chi connectivity index (χ0n) is 13.8. The smallest absolute Gasteiger partial charge is 0.490 e. The number of non-ortho nitro benzene ring substituents is 1. The van der Waals surface area contributed by atoms with E-state index >= 15 is 0 Å². The van der Waals surface area contributed by atoms with Gasteiger partial charge < -0.3 is 15.2 Å². The van der Waals surface area contributed by atoms with Crippen LogP contribution in [-0.2, 0) is 11.3 Å². The van der Waals surface area contributed by atoms with E-state index in [9.17, 15) is 23.3 Å². The average molecular weight is 384 g/mol. The molecule has 2 N–H and O–H groups in total. The Hall–Kier alpha value is -3.14. The summed E-state index contributed by atoms with van der Waals surface area (Å²) < 4.78 is 37.6. The number of hydrogen-bond acceptors (Lipinski definition) is 5. The second-order valence-corrected chi connectivity index (χ2v) is 5.43. The molecule has 0 bridgehead atoms. The minimum atomic E-state index is -5.08. The second kappa shape index (κ2) is 8.49. The standard InChI is InChI=1S/C15H14N2O3.C2HF3O2/c18-17(19)13-6-4-11(5-7-13)14-3-1-2-12-10-16-8-9-20-15(12)14;3-2(4,5)1(6)7/h1-7,16H,8-10H2;(H,6,7). The Morgan fingerprint density at radius 3 is 2.37 bits per heavy atom. The topological polar surface area (TPSA) is 102 Å². The van der Waals surface area contributed by atoms with Gasteiger partial charge in [0.25, 0.3) is 5.69 Å². The molecule has 0 fully saturated rings. The van der Waals surface area contributed by atoms with Crippen LogP contribution in [0.3, 0.4) is 0 Å². The number of ether oxygens (including phenoxy) is 1. The highest BCUT2D eigenvalue weighted by Gasteiger charge is 2.38. The maximum Gasteiger partial charge on any atom is 0.490 e. The number of rotatable bonds is 2. The van der Waals surface area contributed by atoms with Crippen molar-refractivity contribution in [2.75, 3.05) is 13.2 Å². The molecule has 0 saturated heterocycles. The van der Waals surface area contributed by atoms with Gasteiger partial charge in [-0.05, 0) is 17.7 Å². The molecule has 1 aliphatic heterocycles. The number of hydrogen-bond donors (Lipinski definition) is 2. The number of alkyl halides is 3. The number of halogens is 3. The summed E-state index contributed by atoms with van der Waals surface area (Å²) in [5.41, 5.74) is 3.10. The Balaban J connectivity index is 0.000000321. The molecular formula is C17H15F3N2O5. The van der Waals surface area contributed by atoms with Gasteiger partial charge >= 0.3 is 12.1 Å². The summed E-state index contributed by atoms with van der Waals surface area (Å²) in [4.78, 5) is 19.2. The van der Waals surface area contributed by atoms with Gasteiger partial charge in [-0.25, -0.2) is 4.79 Å². The average Bonchev–Trinajstić information content (AvgIpc) is 2.87. The van der Waals surface area contributed by atoms with Crippen molar-refractivity contribution >= 4 is 11.7 Å². The number of fused-ring (bicyclic) bond motifs is 1. The fourth-order valence-electron chi connectivity index (χ4n) is 2.33. The highest BCUT2D eigenvalue weighted by atomic mass is 19.4. The summed E-state index contributed by atoms with van der Waals surface area (Å²) in [7, 11) is 0. The first-order chi connectivity index (χ1) is 12.7. The third kappa shape index (κ3) is 5.42. The van der Waals surface area contributed by atoms with Crippen LogP contribution in [-0.4, -0.2) is 35.3 Å². The molecule has 2 aromatic rings. The first kappa shape index (κ1) is 20.2. The third-order valence-corrected chi connectivity index (χ3v) is 3.57. The van der Waals surface area contributed by atoms with Crippen LogP contribution in [0.25, 0.3) is 11.1 Å². The van der Waals surface area contributed by atoms with Gasteiger partial charge in [0, 0.05) is 36.3 Å². The van der Waals surface area contributed by atoms with Gasteiger partial charge in [-0.2, -0.15) is 13.2 Å². The van der Waals surface area contributed by atoms with Crippen LogP contribution in [0, 0.1) is 10.1 Å². The van der Waals surface area contributed by atoms with Crippen LogP contribution in [0.4, 0.5) is 18.9 Å². The number of nitro groups is 1. The molecule has 27 heavy (non-hydrogen) atoms. The van der Waals surface area contributed by atoms with Crippen molar-refractivity contribution in [3.8, 4) is 16.9 Å². The Kier molecular flexibility index (Phi) is 6.35. The number of carbonyl (C=O) groups is 1. The maximum atomic E-state index is 10.7. The summed E-state index contributed by atoms with van der Waals surface area (Å²) in [5, 5.41) is 21.1. The van der Waals surface area contributed by atoms with E-state index in [0.29, 0.717) is 6.61 Å². The van der Waals surface area contributed by atoms with Gasteiger partial charge in [0.2, 0.25) is 0 Å². The molecule has 0 unspecified atom stereocenters. The van der Waals surface area contributed by atoms with Crippen LogP contribution < -0.4 is 10.1 Å². The fraction of sp³-hybridized carbons (Fsp3) is 0.235.